The molecule has 140 valence electrons. The second-order valence-corrected chi connectivity index (χ2v) is 8.08. The molecule has 0 atom stereocenters. The van der Waals surface area contributed by atoms with Gasteiger partial charge in [0.25, 0.3) is 0 Å². The van der Waals surface area contributed by atoms with Crippen molar-refractivity contribution in [3.8, 4) is 22.5 Å². The second-order valence-electron chi connectivity index (χ2n) is 8.08. The van der Waals surface area contributed by atoms with Gasteiger partial charge in [-0.25, -0.2) is 4.98 Å². The Bertz CT molecular complexity index is 1180. The molecule has 0 radical (unpaired) electrons. The van der Waals surface area contributed by atoms with Gasteiger partial charge in [0, 0.05) is 5.56 Å². The lowest BCUT2D eigenvalue weighted by Gasteiger charge is -2.19. The number of hydrogen-bond donors (Lipinski definition) is 2. The molecular formula is C24H24N4. The standard InChI is InChI=1S/C24H24N4/c1-24(2,3)18-7-5-6-17(12-18)23-27-21-11-9-16(14-22(21)28-23)15-8-10-20(26-4)19(25)13-15/h5-14H,4,25H2,1-3H3,(H,27,28). The molecule has 0 bridgehead atoms. The van der Waals surface area contributed by atoms with Gasteiger partial charge in [-0.05, 0) is 59.2 Å². The van der Waals surface area contributed by atoms with Crippen LogP contribution < -0.4 is 5.73 Å². The van der Waals surface area contributed by atoms with Gasteiger partial charge in [0.2, 0.25) is 0 Å². The number of nitrogens with one attached hydrogen (secondary N) is 1. The van der Waals surface area contributed by atoms with E-state index in [9.17, 15) is 0 Å². The molecule has 0 amide bonds. The van der Waals surface area contributed by atoms with Crippen molar-refractivity contribution in [3.63, 3.8) is 0 Å². The van der Waals surface area contributed by atoms with Crippen molar-refractivity contribution in [1.82, 2.24) is 9.97 Å². The van der Waals surface area contributed by atoms with Crippen LogP contribution in [0.4, 0.5) is 11.4 Å². The van der Waals surface area contributed by atoms with E-state index in [1.54, 1.807) is 0 Å². The van der Waals surface area contributed by atoms with Crippen LogP contribution in [0, 0.1) is 0 Å². The Kier molecular flexibility index (Phi) is 4.27. The van der Waals surface area contributed by atoms with Crippen LogP contribution in [0.15, 0.2) is 65.7 Å². The maximum Gasteiger partial charge on any atom is 0.138 e. The van der Waals surface area contributed by atoms with Crippen LogP contribution in [0.3, 0.4) is 0 Å². The van der Waals surface area contributed by atoms with E-state index in [4.69, 9.17) is 10.7 Å². The molecule has 1 aromatic heterocycles. The highest BCUT2D eigenvalue weighted by atomic mass is 14.9. The third-order valence-corrected chi connectivity index (χ3v) is 5.02. The summed E-state index contributed by atoms with van der Waals surface area (Å²) in [7, 11) is 0. The maximum atomic E-state index is 6.06. The van der Waals surface area contributed by atoms with Crippen molar-refractivity contribution in [1.29, 1.82) is 0 Å². The predicted octanol–water partition coefficient (Wildman–Crippen LogP) is 6.11. The number of aromatic amines is 1. The third-order valence-electron chi connectivity index (χ3n) is 5.02. The Morgan fingerprint density at radius 2 is 1.68 bits per heavy atom. The first-order valence-corrected chi connectivity index (χ1v) is 9.32. The minimum Gasteiger partial charge on any atom is -0.397 e. The second kappa shape index (κ2) is 6.64. The zero-order valence-corrected chi connectivity index (χ0v) is 16.5. The topological polar surface area (TPSA) is 67.1 Å². The quantitative estimate of drug-likeness (QED) is 0.338. The van der Waals surface area contributed by atoms with E-state index < -0.39 is 0 Å². The summed E-state index contributed by atoms with van der Waals surface area (Å²) in [6.07, 6.45) is 0. The van der Waals surface area contributed by atoms with Crippen molar-refractivity contribution in [2.45, 2.75) is 26.2 Å². The van der Waals surface area contributed by atoms with Gasteiger partial charge in [-0.2, -0.15) is 0 Å². The number of hydrogen-bond acceptors (Lipinski definition) is 3. The molecule has 1 heterocycles. The summed E-state index contributed by atoms with van der Waals surface area (Å²) in [6.45, 7) is 10.2. The van der Waals surface area contributed by atoms with Gasteiger partial charge in [0.05, 0.1) is 22.4 Å². The molecule has 4 rings (SSSR count). The SMILES string of the molecule is C=Nc1ccc(-c2ccc3nc(-c4cccc(C(C)(C)C)c4)[nH]c3c2)cc1N. The summed E-state index contributed by atoms with van der Waals surface area (Å²) in [5, 5.41) is 0. The Labute approximate surface area is 165 Å². The van der Waals surface area contributed by atoms with Crippen molar-refractivity contribution in [3.05, 3.63) is 66.2 Å². The number of imidazole rings is 1. The molecule has 0 unspecified atom stereocenters. The minimum absolute atomic E-state index is 0.0988. The van der Waals surface area contributed by atoms with Crippen molar-refractivity contribution in [2.75, 3.05) is 5.73 Å². The fourth-order valence-corrected chi connectivity index (χ4v) is 3.34. The molecule has 28 heavy (non-hydrogen) atoms. The molecule has 4 aromatic rings. The summed E-state index contributed by atoms with van der Waals surface area (Å²) in [5.41, 5.74) is 13.9. The number of nitrogens with zero attached hydrogens (tertiary/aromatic N) is 2. The number of fused-ring (bicyclic) bond motifs is 1. The van der Waals surface area contributed by atoms with E-state index in [0.29, 0.717) is 11.4 Å². The first-order valence-electron chi connectivity index (χ1n) is 9.32. The van der Waals surface area contributed by atoms with Gasteiger partial charge < -0.3 is 10.7 Å². The number of aromatic nitrogens is 2. The molecule has 0 saturated heterocycles. The average molecular weight is 368 g/mol. The zero-order chi connectivity index (χ0) is 19.9. The van der Waals surface area contributed by atoms with E-state index in [1.807, 2.05) is 24.3 Å². The van der Waals surface area contributed by atoms with Gasteiger partial charge in [-0.3, -0.25) is 4.99 Å². The Morgan fingerprint density at radius 1 is 0.929 bits per heavy atom. The molecule has 0 fully saturated rings. The number of anilines is 1. The van der Waals surface area contributed by atoms with Gasteiger partial charge >= 0.3 is 0 Å². The Hall–Kier alpha value is -3.40. The number of rotatable bonds is 3. The van der Waals surface area contributed by atoms with Gasteiger partial charge in [-0.1, -0.05) is 51.1 Å². The highest BCUT2D eigenvalue weighted by molar-refractivity contribution is 5.86. The minimum atomic E-state index is 0.0988. The maximum absolute atomic E-state index is 6.06. The van der Waals surface area contributed by atoms with Crippen LogP contribution in [-0.2, 0) is 5.41 Å². The molecular weight excluding hydrogens is 344 g/mol. The van der Waals surface area contributed by atoms with Crippen LogP contribution in [0.25, 0.3) is 33.5 Å². The normalized spacial score (nSPS) is 11.7. The smallest absolute Gasteiger partial charge is 0.138 e. The molecule has 4 nitrogen and oxygen atoms in total. The van der Waals surface area contributed by atoms with Crippen molar-refractivity contribution < 1.29 is 0 Å². The fraction of sp³-hybridized carbons (Fsp3) is 0.167. The first kappa shape index (κ1) is 18.0. The number of aliphatic imine (C=N–C) groups is 1. The zero-order valence-electron chi connectivity index (χ0n) is 16.5. The molecule has 0 aliphatic heterocycles. The van der Waals surface area contributed by atoms with Crippen LogP contribution in [-0.4, -0.2) is 16.7 Å². The van der Waals surface area contributed by atoms with Gasteiger partial charge in [0.1, 0.15) is 5.82 Å². The Balaban J connectivity index is 1.75. The lowest BCUT2D eigenvalue weighted by Crippen LogP contribution is -2.10. The van der Waals surface area contributed by atoms with Crippen LogP contribution in [0.1, 0.15) is 26.3 Å². The first-order chi connectivity index (χ1) is 13.3. The van der Waals surface area contributed by atoms with Crippen molar-refractivity contribution in [2.24, 2.45) is 4.99 Å². The molecule has 4 heteroatoms. The van der Waals surface area contributed by atoms with Gasteiger partial charge in [-0.15, -0.1) is 0 Å². The molecule has 3 aromatic carbocycles. The molecule has 0 spiro atoms. The summed E-state index contributed by atoms with van der Waals surface area (Å²) in [4.78, 5) is 12.2. The number of benzene rings is 3. The average Bonchev–Trinajstić information content (AvgIpc) is 3.10. The summed E-state index contributed by atoms with van der Waals surface area (Å²) >= 11 is 0. The van der Waals surface area contributed by atoms with Crippen LogP contribution in [0.2, 0.25) is 0 Å². The highest BCUT2D eigenvalue weighted by Gasteiger charge is 2.15. The number of H-pyrrole nitrogens is 1. The summed E-state index contributed by atoms with van der Waals surface area (Å²) in [5.74, 6) is 0.879. The lowest BCUT2D eigenvalue weighted by atomic mass is 9.86. The fourth-order valence-electron chi connectivity index (χ4n) is 3.34. The van der Waals surface area contributed by atoms with E-state index >= 15 is 0 Å². The molecule has 0 saturated carbocycles. The molecule has 3 N–H and O–H groups in total. The van der Waals surface area contributed by atoms with Crippen LogP contribution >= 0.6 is 0 Å². The van der Waals surface area contributed by atoms with Crippen molar-refractivity contribution >= 4 is 29.1 Å². The monoisotopic (exact) mass is 368 g/mol. The Morgan fingerprint density at radius 3 is 2.39 bits per heavy atom. The molecule has 0 aliphatic rings. The third kappa shape index (κ3) is 3.29. The predicted molar refractivity (Wildman–Crippen MR) is 119 cm³/mol. The largest absolute Gasteiger partial charge is 0.397 e. The van der Waals surface area contributed by atoms with Crippen LogP contribution in [0.5, 0.6) is 0 Å². The van der Waals surface area contributed by atoms with E-state index in [0.717, 1.165) is 33.5 Å². The number of nitrogen functional groups attached to an aromatic ring is 1. The molecule has 0 aliphatic carbocycles. The van der Waals surface area contributed by atoms with Gasteiger partial charge in [0.15, 0.2) is 0 Å². The summed E-state index contributed by atoms with van der Waals surface area (Å²) < 4.78 is 0. The summed E-state index contributed by atoms with van der Waals surface area (Å²) in [6, 6.07) is 20.6. The van der Waals surface area contributed by atoms with E-state index in [1.165, 1.54) is 5.56 Å². The van der Waals surface area contributed by atoms with E-state index in [-0.39, 0.29) is 5.41 Å². The number of nitrogens with two attached hydrogens (primary N) is 1. The lowest BCUT2D eigenvalue weighted by molar-refractivity contribution is 0.590. The highest BCUT2D eigenvalue weighted by Crippen LogP contribution is 2.31. The van der Waals surface area contributed by atoms with E-state index in [2.05, 4.69) is 73.9 Å².